The molecule has 21 heavy (non-hydrogen) atoms. The summed E-state index contributed by atoms with van der Waals surface area (Å²) >= 11 is 1.90. The maximum atomic E-state index is 5.76. The van der Waals surface area contributed by atoms with E-state index in [9.17, 15) is 0 Å². The molecule has 1 aromatic carbocycles. The van der Waals surface area contributed by atoms with Gasteiger partial charge in [0.2, 0.25) is 0 Å². The highest BCUT2D eigenvalue weighted by Crippen LogP contribution is 2.33. The van der Waals surface area contributed by atoms with Crippen molar-refractivity contribution in [2.75, 3.05) is 0 Å². The summed E-state index contributed by atoms with van der Waals surface area (Å²) in [5, 5.41) is 5.94. The molecule has 1 aromatic heterocycles. The predicted octanol–water partition coefficient (Wildman–Crippen LogP) is 4.70. The Morgan fingerprint density at radius 2 is 2.24 bits per heavy atom. The second-order valence-corrected chi connectivity index (χ2v) is 6.94. The van der Waals surface area contributed by atoms with Crippen molar-refractivity contribution < 1.29 is 4.74 Å². The number of thiophene rings is 1. The van der Waals surface area contributed by atoms with Crippen LogP contribution >= 0.6 is 11.3 Å². The molecule has 3 rings (SSSR count). The first kappa shape index (κ1) is 14.6. The molecule has 1 aliphatic carbocycles. The minimum absolute atomic E-state index is 0.222. The summed E-state index contributed by atoms with van der Waals surface area (Å²) < 4.78 is 5.76. The van der Waals surface area contributed by atoms with E-state index in [1.807, 2.05) is 17.4 Å². The minimum atomic E-state index is 0.222. The third-order valence-corrected chi connectivity index (χ3v) is 4.87. The molecule has 1 N–H and O–H groups in total. The topological polar surface area (TPSA) is 21.3 Å². The van der Waals surface area contributed by atoms with E-state index < -0.39 is 0 Å². The number of ether oxygens (including phenoxy) is 1. The maximum absolute atomic E-state index is 5.76. The van der Waals surface area contributed by atoms with Gasteiger partial charge in [0.05, 0.1) is 6.10 Å². The Labute approximate surface area is 131 Å². The zero-order valence-corrected chi connectivity index (χ0v) is 13.6. The monoisotopic (exact) mass is 301 g/mol. The largest absolute Gasteiger partial charge is 0.491 e. The molecule has 0 amide bonds. The van der Waals surface area contributed by atoms with Crippen LogP contribution in [0.5, 0.6) is 5.75 Å². The number of benzene rings is 1. The molecule has 0 radical (unpaired) electrons. The molecule has 0 saturated heterocycles. The number of nitrogens with one attached hydrogen (secondary N) is 1. The molecule has 0 spiro atoms. The Morgan fingerprint density at radius 3 is 3.10 bits per heavy atom. The molecule has 0 aliphatic heterocycles. The lowest BCUT2D eigenvalue weighted by atomic mass is 9.94. The summed E-state index contributed by atoms with van der Waals surface area (Å²) in [6.45, 7) is 5.02. The van der Waals surface area contributed by atoms with Crippen LogP contribution in [0.2, 0.25) is 0 Å². The van der Waals surface area contributed by atoms with Gasteiger partial charge < -0.3 is 10.1 Å². The summed E-state index contributed by atoms with van der Waals surface area (Å²) in [4.78, 5) is 1.57. The van der Waals surface area contributed by atoms with Crippen molar-refractivity contribution in [3.05, 3.63) is 51.7 Å². The van der Waals surface area contributed by atoms with Crippen molar-refractivity contribution in [1.82, 2.24) is 5.32 Å². The second kappa shape index (κ2) is 6.63. The van der Waals surface area contributed by atoms with Crippen LogP contribution in [0.15, 0.2) is 35.7 Å². The lowest BCUT2D eigenvalue weighted by Gasteiger charge is -2.24. The van der Waals surface area contributed by atoms with Gasteiger partial charge >= 0.3 is 0 Å². The molecular weight excluding hydrogens is 278 g/mol. The second-order valence-electron chi connectivity index (χ2n) is 5.94. The van der Waals surface area contributed by atoms with E-state index in [2.05, 4.69) is 48.8 Å². The van der Waals surface area contributed by atoms with E-state index in [1.165, 1.54) is 30.4 Å². The molecule has 112 valence electrons. The average Bonchev–Trinajstić information content (AvgIpc) is 2.93. The van der Waals surface area contributed by atoms with Crippen molar-refractivity contribution in [1.29, 1.82) is 0 Å². The molecule has 0 saturated carbocycles. The van der Waals surface area contributed by atoms with E-state index >= 15 is 0 Å². The van der Waals surface area contributed by atoms with Crippen LogP contribution < -0.4 is 10.1 Å². The van der Waals surface area contributed by atoms with E-state index in [1.54, 1.807) is 4.88 Å². The average molecular weight is 301 g/mol. The highest BCUT2D eigenvalue weighted by atomic mass is 32.1. The lowest BCUT2D eigenvalue weighted by Crippen LogP contribution is -2.23. The molecule has 1 unspecified atom stereocenters. The maximum Gasteiger partial charge on any atom is 0.120 e. The number of fused-ring (bicyclic) bond motifs is 1. The third-order valence-electron chi connectivity index (χ3n) is 3.87. The van der Waals surface area contributed by atoms with Crippen molar-refractivity contribution >= 4 is 11.3 Å². The Bertz CT molecular complexity index is 590. The Hall–Kier alpha value is -1.32. The molecule has 1 heterocycles. The third kappa shape index (κ3) is 3.66. The van der Waals surface area contributed by atoms with Gasteiger partial charge in [-0.25, -0.2) is 0 Å². The van der Waals surface area contributed by atoms with Gasteiger partial charge in [0.1, 0.15) is 5.75 Å². The van der Waals surface area contributed by atoms with Crippen LogP contribution in [-0.4, -0.2) is 6.10 Å². The van der Waals surface area contributed by atoms with Crippen molar-refractivity contribution in [2.24, 2.45) is 0 Å². The van der Waals surface area contributed by atoms with Crippen LogP contribution in [0.4, 0.5) is 0 Å². The van der Waals surface area contributed by atoms with Crippen molar-refractivity contribution in [3.63, 3.8) is 0 Å². The SMILES string of the molecule is CC(C)Oc1cccc(CNC2CCCc3sccc32)c1. The van der Waals surface area contributed by atoms with Crippen molar-refractivity contribution in [3.8, 4) is 5.75 Å². The van der Waals surface area contributed by atoms with Gasteiger partial charge in [-0.1, -0.05) is 12.1 Å². The molecule has 1 aliphatic rings. The summed E-state index contributed by atoms with van der Waals surface area (Å²) in [7, 11) is 0. The Balaban J connectivity index is 1.64. The fourth-order valence-corrected chi connectivity index (χ4v) is 3.93. The van der Waals surface area contributed by atoms with E-state index in [4.69, 9.17) is 4.74 Å². The van der Waals surface area contributed by atoms with E-state index in [-0.39, 0.29) is 6.10 Å². The van der Waals surface area contributed by atoms with Gasteiger partial charge in [-0.2, -0.15) is 0 Å². The zero-order chi connectivity index (χ0) is 14.7. The number of hydrogen-bond donors (Lipinski definition) is 1. The predicted molar refractivity (Wildman–Crippen MR) is 89.0 cm³/mol. The van der Waals surface area contributed by atoms with E-state index in [0.29, 0.717) is 6.04 Å². The molecule has 2 aromatic rings. The van der Waals surface area contributed by atoms with Gasteiger partial charge in [-0.3, -0.25) is 0 Å². The zero-order valence-electron chi connectivity index (χ0n) is 12.8. The lowest BCUT2D eigenvalue weighted by molar-refractivity contribution is 0.242. The minimum Gasteiger partial charge on any atom is -0.491 e. The molecule has 1 atom stereocenters. The first-order valence-electron chi connectivity index (χ1n) is 7.77. The smallest absolute Gasteiger partial charge is 0.120 e. The van der Waals surface area contributed by atoms with Crippen molar-refractivity contribution in [2.45, 2.75) is 51.8 Å². The summed E-state index contributed by atoms with van der Waals surface area (Å²) in [6, 6.07) is 11.2. The molecule has 0 bridgehead atoms. The van der Waals surface area contributed by atoms with Crippen LogP contribution in [0.25, 0.3) is 0 Å². The van der Waals surface area contributed by atoms with E-state index in [0.717, 1.165) is 12.3 Å². The molecule has 0 fully saturated rings. The number of rotatable bonds is 5. The van der Waals surface area contributed by atoms with Crippen LogP contribution in [0.3, 0.4) is 0 Å². The summed E-state index contributed by atoms with van der Waals surface area (Å²) in [6.07, 6.45) is 4.01. The first-order valence-corrected chi connectivity index (χ1v) is 8.65. The van der Waals surface area contributed by atoms with Gasteiger partial charge in [-0.05, 0) is 67.8 Å². The van der Waals surface area contributed by atoms with Crippen LogP contribution in [0, 0.1) is 0 Å². The highest BCUT2D eigenvalue weighted by Gasteiger charge is 2.20. The molecular formula is C18H23NOS. The highest BCUT2D eigenvalue weighted by molar-refractivity contribution is 7.10. The fraction of sp³-hybridized carbons (Fsp3) is 0.444. The Kier molecular flexibility index (Phi) is 4.61. The number of aryl methyl sites for hydroxylation is 1. The van der Waals surface area contributed by atoms with Gasteiger partial charge in [-0.15, -0.1) is 11.3 Å². The number of hydrogen-bond acceptors (Lipinski definition) is 3. The fourth-order valence-electron chi connectivity index (χ4n) is 2.94. The standard InChI is InChI=1S/C18H23NOS/c1-13(2)20-15-6-3-5-14(11-15)12-19-17-7-4-8-18-16(17)9-10-21-18/h3,5-6,9-11,13,17,19H,4,7-8,12H2,1-2H3. The molecule has 2 nitrogen and oxygen atoms in total. The quantitative estimate of drug-likeness (QED) is 0.864. The normalized spacial score (nSPS) is 17.8. The van der Waals surface area contributed by atoms with Crippen LogP contribution in [-0.2, 0) is 13.0 Å². The summed E-state index contributed by atoms with van der Waals surface area (Å²) in [5.74, 6) is 0.962. The van der Waals surface area contributed by atoms with Gasteiger partial charge in [0, 0.05) is 17.5 Å². The van der Waals surface area contributed by atoms with Gasteiger partial charge in [0.15, 0.2) is 0 Å². The summed E-state index contributed by atoms with van der Waals surface area (Å²) in [5.41, 5.74) is 2.80. The Morgan fingerprint density at radius 1 is 1.33 bits per heavy atom. The van der Waals surface area contributed by atoms with Crippen LogP contribution in [0.1, 0.15) is 48.7 Å². The first-order chi connectivity index (χ1) is 10.2. The van der Waals surface area contributed by atoms with Gasteiger partial charge in [0.25, 0.3) is 0 Å². The molecule has 3 heteroatoms.